The molecule has 0 bridgehead atoms. The molecule has 5 nitrogen and oxygen atoms in total. The highest BCUT2D eigenvalue weighted by Gasteiger charge is 2.20. The van der Waals surface area contributed by atoms with Gasteiger partial charge < -0.3 is 9.80 Å². The molecule has 0 N–H and O–H groups in total. The minimum Gasteiger partial charge on any atom is -0.353 e. The molecule has 3 aromatic rings. The van der Waals surface area contributed by atoms with Crippen LogP contribution < -0.4 is 9.80 Å². The van der Waals surface area contributed by atoms with Crippen molar-refractivity contribution in [2.24, 2.45) is 0 Å². The number of rotatable bonds is 2. The van der Waals surface area contributed by atoms with Crippen molar-refractivity contribution in [3.8, 4) is 0 Å². The highest BCUT2D eigenvalue weighted by atomic mass is 15.3. The molecule has 0 amide bonds. The molecule has 3 heterocycles. The third kappa shape index (κ3) is 2.35. The maximum absolute atomic E-state index is 4.51. The Labute approximate surface area is 129 Å². The number of nitrogens with zero attached hydrogens (tertiary/aromatic N) is 5. The van der Waals surface area contributed by atoms with Gasteiger partial charge >= 0.3 is 0 Å². The zero-order valence-corrected chi connectivity index (χ0v) is 12.3. The summed E-state index contributed by atoms with van der Waals surface area (Å²) in [5.74, 6) is 2.08. The van der Waals surface area contributed by atoms with Crippen molar-refractivity contribution in [1.29, 1.82) is 0 Å². The van der Waals surface area contributed by atoms with E-state index in [9.17, 15) is 0 Å². The van der Waals surface area contributed by atoms with Crippen LogP contribution in [0.3, 0.4) is 0 Å². The number of benzene rings is 1. The molecule has 2 aromatic heterocycles. The lowest BCUT2D eigenvalue weighted by Crippen LogP contribution is -2.47. The normalized spacial score (nSPS) is 15.3. The van der Waals surface area contributed by atoms with Crippen LogP contribution in [0.15, 0.2) is 55.0 Å². The third-order valence-corrected chi connectivity index (χ3v) is 4.07. The van der Waals surface area contributed by atoms with Crippen molar-refractivity contribution < 1.29 is 0 Å². The van der Waals surface area contributed by atoms with Crippen molar-refractivity contribution in [2.75, 3.05) is 36.0 Å². The largest absolute Gasteiger partial charge is 0.353 e. The second-order valence-corrected chi connectivity index (χ2v) is 5.38. The summed E-state index contributed by atoms with van der Waals surface area (Å²) in [5.41, 5.74) is 1.000. The molecule has 0 aliphatic carbocycles. The van der Waals surface area contributed by atoms with E-state index >= 15 is 0 Å². The van der Waals surface area contributed by atoms with E-state index < -0.39 is 0 Å². The average Bonchev–Trinajstić information content (AvgIpc) is 2.62. The number of piperazine rings is 1. The van der Waals surface area contributed by atoms with Crippen LogP contribution in [0.25, 0.3) is 10.9 Å². The second-order valence-electron chi connectivity index (χ2n) is 5.38. The Morgan fingerprint density at radius 3 is 2.32 bits per heavy atom. The van der Waals surface area contributed by atoms with Crippen LogP contribution in [0, 0.1) is 0 Å². The first-order chi connectivity index (χ1) is 10.9. The zero-order chi connectivity index (χ0) is 14.8. The van der Waals surface area contributed by atoms with Crippen molar-refractivity contribution in [1.82, 2.24) is 15.0 Å². The number of para-hydroxylation sites is 1. The fourth-order valence-electron chi connectivity index (χ4n) is 2.93. The first-order valence-electron chi connectivity index (χ1n) is 7.52. The Balaban J connectivity index is 1.56. The van der Waals surface area contributed by atoms with Gasteiger partial charge in [-0.1, -0.05) is 18.2 Å². The van der Waals surface area contributed by atoms with Crippen molar-refractivity contribution in [2.45, 2.75) is 0 Å². The summed E-state index contributed by atoms with van der Waals surface area (Å²) >= 11 is 0. The van der Waals surface area contributed by atoms with Gasteiger partial charge in [0.25, 0.3) is 0 Å². The van der Waals surface area contributed by atoms with Gasteiger partial charge in [-0.05, 0) is 24.3 Å². The highest BCUT2D eigenvalue weighted by molar-refractivity contribution is 5.89. The van der Waals surface area contributed by atoms with Gasteiger partial charge in [0, 0.05) is 37.8 Å². The molecule has 1 saturated heterocycles. The molecule has 0 saturated carbocycles. The molecule has 5 heteroatoms. The smallest absolute Gasteiger partial charge is 0.140 e. The molecule has 1 fully saturated rings. The van der Waals surface area contributed by atoms with Crippen molar-refractivity contribution in [3.63, 3.8) is 0 Å². The van der Waals surface area contributed by atoms with Crippen LogP contribution in [-0.4, -0.2) is 41.1 Å². The van der Waals surface area contributed by atoms with E-state index in [-0.39, 0.29) is 0 Å². The lowest BCUT2D eigenvalue weighted by Gasteiger charge is -2.36. The molecule has 0 spiro atoms. The SMILES string of the molecule is c1ccc(N2CCN(c3ncnc4ccccc34)CC2)nc1. The van der Waals surface area contributed by atoms with Crippen LogP contribution in [0.4, 0.5) is 11.6 Å². The molecule has 1 aliphatic heterocycles. The molecular weight excluding hydrogens is 274 g/mol. The van der Waals surface area contributed by atoms with Crippen molar-refractivity contribution >= 4 is 22.5 Å². The minimum atomic E-state index is 0.942. The van der Waals surface area contributed by atoms with E-state index in [1.54, 1.807) is 6.33 Å². The van der Waals surface area contributed by atoms with E-state index in [0.29, 0.717) is 0 Å². The molecule has 1 aliphatic rings. The Morgan fingerprint density at radius 1 is 0.727 bits per heavy atom. The third-order valence-electron chi connectivity index (χ3n) is 4.07. The number of anilines is 2. The van der Waals surface area contributed by atoms with Gasteiger partial charge in [-0.2, -0.15) is 0 Å². The quantitative estimate of drug-likeness (QED) is 0.725. The Kier molecular flexibility index (Phi) is 3.31. The van der Waals surface area contributed by atoms with Crippen LogP contribution in [0.2, 0.25) is 0 Å². The summed E-state index contributed by atoms with van der Waals surface area (Å²) in [5, 5.41) is 1.12. The fourth-order valence-corrected chi connectivity index (χ4v) is 2.93. The van der Waals surface area contributed by atoms with Gasteiger partial charge in [-0.15, -0.1) is 0 Å². The molecule has 0 atom stereocenters. The van der Waals surface area contributed by atoms with Gasteiger partial charge in [0.05, 0.1) is 5.52 Å². The molecule has 110 valence electrons. The van der Waals surface area contributed by atoms with Crippen LogP contribution in [0.5, 0.6) is 0 Å². The van der Waals surface area contributed by atoms with Gasteiger partial charge in [0.1, 0.15) is 18.0 Å². The lowest BCUT2D eigenvalue weighted by molar-refractivity contribution is 0.643. The summed E-state index contributed by atoms with van der Waals surface area (Å²) in [6, 6.07) is 14.2. The van der Waals surface area contributed by atoms with Gasteiger partial charge in [-0.25, -0.2) is 15.0 Å². The van der Waals surface area contributed by atoms with Gasteiger partial charge in [-0.3, -0.25) is 0 Å². The van der Waals surface area contributed by atoms with E-state index in [2.05, 4.69) is 36.9 Å². The predicted molar refractivity (Wildman–Crippen MR) is 88.2 cm³/mol. The highest BCUT2D eigenvalue weighted by Crippen LogP contribution is 2.24. The number of aromatic nitrogens is 3. The minimum absolute atomic E-state index is 0.942. The predicted octanol–water partition coefficient (Wildman–Crippen LogP) is 2.35. The van der Waals surface area contributed by atoms with Crippen LogP contribution in [0.1, 0.15) is 0 Å². The van der Waals surface area contributed by atoms with Crippen molar-refractivity contribution in [3.05, 3.63) is 55.0 Å². The number of pyridine rings is 1. The summed E-state index contributed by atoms with van der Waals surface area (Å²) in [7, 11) is 0. The molecule has 22 heavy (non-hydrogen) atoms. The molecule has 1 aromatic carbocycles. The topological polar surface area (TPSA) is 45.2 Å². The van der Waals surface area contributed by atoms with E-state index in [1.807, 2.05) is 36.5 Å². The standard InChI is InChI=1S/C17H17N5/c1-2-6-15-14(5-1)17(20-13-19-15)22-11-9-21(10-12-22)16-7-3-4-8-18-16/h1-8,13H,9-12H2. The maximum Gasteiger partial charge on any atom is 0.140 e. The van der Waals surface area contributed by atoms with E-state index in [4.69, 9.17) is 0 Å². The second kappa shape index (κ2) is 5.60. The van der Waals surface area contributed by atoms with Crippen LogP contribution >= 0.6 is 0 Å². The summed E-state index contributed by atoms with van der Waals surface area (Å²) < 4.78 is 0. The fraction of sp³-hybridized carbons (Fsp3) is 0.235. The van der Waals surface area contributed by atoms with Crippen LogP contribution in [-0.2, 0) is 0 Å². The molecule has 0 radical (unpaired) electrons. The molecule has 0 unspecified atom stereocenters. The summed E-state index contributed by atoms with van der Waals surface area (Å²) in [4.78, 5) is 17.9. The summed E-state index contributed by atoms with van der Waals surface area (Å²) in [6.07, 6.45) is 3.50. The van der Waals surface area contributed by atoms with Gasteiger partial charge in [0.2, 0.25) is 0 Å². The Bertz CT molecular complexity index is 761. The number of fused-ring (bicyclic) bond motifs is 1. The Hall–Kier alpha value is -2.69. The monoisotopic (exact) mass is 291 g/mol. The maximum atomic E-state index is 4.51. The average molecular weight is 291 g/mol. The number of hydrogen-bond acceptors (Lipinski definition) is 5. The Morgan fingerprint density at radius 2 is 1.50 bits per heavy atom. The number of hydrogen-bond donors (Lipinski definition) is 0. The molecule has 4 rings (SSSR count). The van der Waals surface area contributed by atoms with E-state index in [0.717, 1.165) is 48.7 Å². The van der Waals surface area contributed by atoms with E-state index in [1.165, 1.54) is 0 Å². The van der Waals surface area contributed by atoms with Gasteiger partial charge in [0.15, 0.2) is 0 Å². The zero-order valence-electron chi connectivity index (χ0n) is 12.3. The first-order valence-corrected chi connectivity index (χ1v) is 7.52. The first kappa shape index (κ1) is 13.0. The lowest BCUT2D eigenvalue weighted by atomic mass is 10.2. The summed E-state index contributed by atoms with van der Waals surface area (Å²) in [6.45, 7) is 3.79. The molecular formula is C17H17N5.